The zero-order chi connectivity index (χ0) is 11.4. The average Bonchev–Trinajstić information content (AvgIpc) is 2.22. The van der Waals surface area contributed by atoms with Crippen LogP contribution in [0.15, 0.2) is 0 Å². The number of nitrogens with one attached hydrogen (secondary N) is 1. The van der Waals surface area contributed by atoms with Crippen LogP contribution < -0.4 is 5.32 Å². The maximum Gasteiger partial charge on any atom is 0.0597 e. The molecule has 1 saturated heterocycles. The Morgan fingerprint density at radius 2 is 1.87 bits per heavy atom. The molecule has 0 aromatic heterocycles. The van der Waals surface area contributed by atoms with Crippen molar-refractivity contribution < 1.29 is 5.11 Å². The molecule has 0 aliphatic carbocycles. The molecule has 1 aliphatic heterocycles. The van der Waals surface area contributed by atoms with Crippen molar-refractivity contribution in [2.75, 3.05) is 40.3 Å². The minimum Gasteiger partial charge on any atom is -0.395 e. The van der Waals surface area contributed by atoms with Crippen LogP contribution in [0.3, 0.4) is 0 Å². The summed E-state index contributed by atoms with van der Waals surface area (Å²) in [6.45, 7) is 7.87. The molecule has 0 bridgehead atoms. The van der Waals surface area contributed by atoms with Crippen molar-refractivity contribution in [1.82, 2.24) is 15.1 Å². The van der Waals surface area contributed by atoms with Gasteiger partial charge in [-0.2, -0.15) is 0 Å². The largest absolute Gasteiger partial charge is 0.395 e. The Kier molecular flexibility index (Phi) is 4.99. The zero-order valence-corrected chi connectivity index (χ0v) is 10.4. The van der Waals surface area contributed by atoms with Gasteiger partial charge in [0.1, 0.15) is 0 Å². The van der Waals surface area contributed by atoms with Crippen LogP contribution in [0.5, 0.6) is 0 Å². The summed E-state index contributed by atoms with van der Waals surface area (Å²) in [5.41, 5.74) is 0. The van der Waals surface area contributed by atoms with Gasteiger partial charge in [0.05, 0.1) is 6.61 Å². The molecular weight excluding hydrogens is 190 g/mol. The summed E-state index contributed by atoms with van der Waals surface area (Å²) in [5, 5.41) is 12.3. The maximum absolute atomic E-state index is 9.14. The van der Waals surface area contributed by atoms with Gasteiger partial charge in [-0.3, -0.25) is 9.80 Å². The quantitative estimate of drug-likeness (QED) is 0.669. The molecule has 0 aromatic carbocycles. The Balaban J connectivity index is 2.43. The fourth-order valence-corrected chi connectivity index (χ4v) is 2.21. The lowest BCUT2D eigenvalue weighted by molar-refractivity contribution is 0.0497. The van der Waals surface area contributed by atoms with Crippen LogP contribution >= 0.6 is 0 Å². The van der Waals surface area contributed by atoms with Gasteiger partial charge in [-0.15, -0.1) is 0 Å². The van der Waals surface area contributed by atoms with E-state index in [4.69, 9.17) is 5.11 Å². The topological polar surface area (TPSA) is 38.7 Å². The van der Waals surface area contributed by atoms with E-state index in [9.17, 15) is 0 Å². The first kappa shape index (κ1) is 12.9. The van der Waals surface area contributed by atoms with E-state index in [2.05, 4.69) is 36.0 Å². The predicted molar refractivity (Wildman–Crippen MR) is 63.1 cm³/mol. The molecule has 2 N–H and O–H groups in total. The van der Waals surface area contributed by atoms with E-state index in [-0.39, 0.29) is 12.6 Å². The molecule has 3 atom stereocenters. The van der Waals surface area contributed by atoms with Gasteiger partial charge in [0.2, 0.25) is 0 Å². The van der Waals surface area contributed by atoms with Gasteiger partial charge < -0.3 is 10.4 Å². The van der Waals surface area contributed by atoms with Crippen LogP contribution in [0, 0.1) is 0 Å². The Bertz CT molecular complexity index is 173. The van der Waals surface area contributed by atoms with Gasteiger partial charge >= 0.3 is 0 Å². The van der Waals surface area contributed by atoms with Crippen molar-refractivity contribution in [1.29, 1.82) is 0 Å². The molecule has 0 amide bonds. The maximum atomic E-state index is 9.14. The zero-order valence-electron chi connectivity index (χ0n) is 10.4. The summed E-state index contributed by atoms with van der Waals surface area (Å²) in [5.74, 6) is 0. The SMILES string of the molecule is CNC(CO)CN1CC(C)N(C)C(C)C1. The van der Waals surface area contributed by atoms with Crippen LogP contribution in [0.1, 0.15) is 13.8 Å². The number of hydrogen-bond acceptors (Lipinski definition) is 4. The Labute approximate surface area is 93.2 Å². The fraction of sp³-hybridized carbons (Fsp3) is 1.00. The summed E-state index contributed by atoms with van der Waals surface area (Å²) >= 11 is 0. The lowest BCUT2D eigenvalue weighted by Crippen LogP contribution is -2.57. The minimum atomic E-state index is 0.202. The van der Waals surface area contributed by atoms with Crippen molar-refractivity contribution in [3.8, 4) is 0 Å². The first-order chi connectivity index (χ1) is 7.08. The molecule has 0 spiro atoms. The number of piperazine rings is 1. The molecule has 1 fully saturated rings. The summed E-state index contributed by atoms with van der Waals surface area (Å²) in [4.78, 5) is 4.86. The molecule has 3 unspecified atom stereocenters. The molecule has 90 valence electrons. The highest BCUT2D eigenvalue weighted by Crippen LogP contribution is 2.13. The molecule has 4 nitrogen and oxygen atoms in total. The number of rotatable bonds is 4. The normalized spacial score (nSPS) is 31.8. The Hall–Kier alpha value is -0.160. The third-order valence-electron chi connectivity index (χ3n) is 3.54. The lowest BCUT2D eigenvalue weighted by Gasteiger charge is -2.43. The number of aliphatic hydroxyl groups excluding tert-OH is 1. The van der Waals surface area contributed by atoms with Crippen LogP contribution in [-0.2, 0) is 0 Å². The predicted octanol–water partition coefficient (Wildman–Crippen LogP) is -0.409. The van der Waals surface area contributed by atoms with Crippen LogP contribution in [0.2, 0.25) is 0 Å². The van der Waals surface area contributed by atoms with Gasteiger partial charge in [-0.25, -0.2) is 0 Å². The first-order valence-corrected chi connectivity index (χ1v) is 5.80. The lowest BCUT2D eigenvalue weighted by atomic mass is 10.1. The van der Waals surface area contributed by atoms with Crippen molar-refractivity contribution in [2.45, 2.75) is 32.0 Å². The monoisotopic (exact) mass is 215 g/mol. The summed E-state index contributed by atoms with van der Waals surface area (Å²) in [6, 6.07) is 1.41. The molecule has 1 aliphatic rings. The third-order valence-corrected chi connectivity index (χ3v) is 3.54. The highest BCUT2D eigenvalue weighted by Gasteiger charge is 2.27. The second kappa shape index (κ2) is 5.80. The van der Waals surface area contributed by atoms with Crippen LogP contribution in [0.25, 0.3) is 0 Å². The molecule has 0 aromatic rings. The highest BCUT2D eigenvalue weighted by molar-refractivity contribution is 4.84. The average molecular weight is 215 g/mol. The molecule has 15 heavy (non-hydrogen) atoms. The van der Waals surface area contributed by atoms with Crippen LogP contribution in [-0.4, -0.2) is 73.4 Å². The van der Waals surface area contributed by atoms with E-state index in [0.29, 0.717) is 12.1 Å². The number of aliphatic hydroxyl groups is 1. The van der Waals surface area contributed by atoms with E-state index in [1.165, 1.54) is 0 Å². The number of nitrogens with zero attached hydrogens (tertiary/aromatic N) is 2. The minimum absolute atomic E-state index is 0.202. The molecule has 4 heteroatoms. The van der Waals surface area contributed by atoms with E-state index < -0.39 is 0 Å². The molecule has 0 radical (unpaired) electrons. The Morgan fingerprint density at radius 1 is 1.33 bits per heavy atom. The van der Waals surface area contributed by atoms with Crippen LogP contribution in [0.4, 0.5) is 0 Å². The van der Waals surface area contributed by atoms with Gasteiger partial charge in [0, 0.05) is 37.8 Å². The standard InChI is InChI=1S/C11H25N3O/c1-9-5-14(6-10(2)13(9)4)7-11(8-15)12-3/h9-12,15H,5-8H2,1-4H3. The first-order valence-electron chi connectivity index (χ1n) is 5.80. The smallest absolute Gasteiger partial charge is 0.0597 e. The molecule has 1 rings (SSSR count). The summed E-state index contributed by atoms with van der Waals surface area (Å²) in [7, 11) is 4.10. The van der Waals surface area contributed by atoms with Crippen molar-refractivity contribution in [3.63, 3.8) is 0 Å². The van der Waals surface area contributed by atoms with Crippen molar-refractivity contribution >= 4 is 0 Å². The highest BCUT2D eigenvalue weighted by atomic mass is 16.3. The summed E-state index contributed by atoms with van der Waals surface area (Å²) < 4.78 is 0. The third kappa shape index (κ3) is 3.41. The van der Waals surface area contributed by atoms with Gasteiger partial charge in [-0.05, 0) is 27.9 Å². The molecule has 0 saturated carbocycles. The second-order valence-corrected chi connectivity index (χ2v) is 4.75. The molecular formula is C11H25N3O. The van der Waals surface area contributed by atoms with Gasteiger partial charge in [0.25, 0.3) is 0 Å². The van der Waals surface area contributed by atoms with Gasteiger partial charge in [-0.1, -0.05) is 0 Å². The van der Waals surface area contributed by atoms with E-state index in [1.807, 2.05) is 7.05 Å². The summed E-state index contributed by atoms with van der Waals surface area (Å²) in [6.07, 6.45) is 0. The van der Waals surface area contributed by atoms with Crippen molar-refractivity contribution in [3.05, 3.63) is 0 Å². The Morgan fingerprint density at radius 3 is 2.27 bits per heavy atom. The number of hydrogen-bond donors (Lipinski definition) is 2. The van der Waals surface area contributed by atoms with Gasteiger partial charge in [0.15, 0.2) is 0 Å². The number of likely N-dealkylation sites (N-methyl/N-ethyl adjacent to an activating group) is 2. The molecule has 1 heterocycles. The van der Waals surface area contributed by atoms with E-state index in [1.54, 1.807) is 0 Å². The van der Waals surface area contributed by atoms with E-state index in [0.717, 1.165) is 19.6 Å². The van der Waals surface area contributed by atoms with Crippen molar-refractivity contribution in [2.24, 2.45) is 0 Å². The fourth-order valence-electron chi connectivity index (χ4n) is 2.21. The van der Waals surface area contributed by atoms with E-state index >= 15 is 0 Å². The second-order valence-electron chi connectivity index (χ2n) is 4.75.